The zero-order chi connectivity index (χ0) is 15.5. The molecule has 0 aliphatic rings. The van der Waals surface area contributed by atoms with Crippen LogP contribution < -0.4 is 5.14 Å². The third kappa shape index (κ3) is 4.04. The lowest BCUT2D eigenvalue weighted by Crippen LogP contribution is -2.38. The van der Waals surface area contributed by atoms with Crippen LogP contribution in [0.3, 0.4) is 0 Å². The molecule has 0 bridgehead atoms. The predicted octanol–water partition coefficient (Wildman–Crippen LogP) is 2.36. The molecule has 0 saturated carbocycles. The summed E-state index contributed by atoms with van der Waals surface area (Å²) in [7, 11) is -3.84. The molecule has 0 saturated heterocycles. The number of halogens is 1. The van der Waals surface area contributed by atoms with Crippen LogP contribution in [0.1, 0.15) is 37.6 Å². The summed E-state index contributed by atoms with van der Waals surface area (Å²) in [5.41, 5.74) is 0.311. The summed E-state index contributed by atoms with van der Waals surface area (Å²) >= 11 is 3.21. The largest absolute Gasteiger partial charge is 0.336 e. The third-order valence-corrected chi connectivity index (χ3v) is 4.52. The summed E-state index contributed by atoms with van der Waals surface area (Å²) in [6.45, 7) is 6.41. The van der Waals surface area contributed by atoms with Crippen molar-refractivity contribution < 1.29 is 13.2 Å². The van der Waals surface area contributed by atoms with Gasteiger partial charge < -0.3 is 4.90 Å². The molecular weight excluding hydrogens is 344 g/mol. The number of rotatable bonds is 5. The fourth-order valence-electron chi connectivity index (χ4n) is 1.89. The van der Waals surface area contributed by atoms with Gasteiger partial charge in [0, 0.05) is 22.6 Å². The molecule has 0 spiro atoms. The maximum atomic E-state index is 12.5. The second-order valence-corrected chi connectivity index (χ2v) is 7.05. The number of hydrogen-bond acceptors (Lipinski definition) is 3. The molecule has 0 aliphatic carbocycles. The average Bonchev–Trinajstić information content (AvgIpc) is 2.37. The molecule has 20 heavy (non-hydrogen) atoms. The number of amides is 1. The van der Waals surface area contributed by atoms with Gasteiger partial charge >= 0.3 is 0 Å². The van der Waals surface area contributed by atoms with Crippen molar-refractivity contribution in [3.8, 4) is 0 Å². The second-order valence-electron chi connectivity index (χ2n) is 4.57. The number of nitrogens with zero attached hydrogens (tertiary/aromatic N) is 1. The smallest absolute Gasteiger partial charge is 0.254 e. The molecule has 1 atom stereocenters. The fourth-order valence-corrected chi connectivity index (χ4v) is 3.12. The topological polar surface area (TPSA) is 80.5 Å². The highest BCUT2D eigenvalue weighted by molar-refractivity contribution is 9.10. The van der Waals surface area contributed by atoms with Gasteiger partial charge in [-0.2, -0.15) is 0 Å². The summed E-state index contributed by atoms with van der Waals surface area (Å²) in [6.07, 6.45) is 0.829. The van der Waals surface area contributed by atoms with Crippen LogP contribution in [0.25, 0.3) is 0 Å². The molecule has 1 unspecified atom stereocenters. The Morgan fingerprint density at radius 3 is 2.40 bits per heavy atom. The minimum absolute atomic E-state index is 0.0737. The highest BCUT2D eigenvalue weighted by Crippen LogP contribution is 2.21. The molecule has 7 heteroatoms. The van der Waals surface area contributed by atoms with Crippen molar-refractivity contribution in [1.82, 2.24) is 4.90 Å². The molecular formula is C13H19BrN2O3S. The lowest BCUT2D eigenvalue weighted by Gasteiger charge is -2.27. The number of primary sulfonamides is 1. The Morgan fingerprint density at radius 1 is 1.35 bits per heavy atom. The standard InChI is InChI=1S/C13H19BrN2O3S/c1-4-9(3)16(5-2)13(17)10-6-11(14)8-12(7-10)20(15,18)19/h6-9H,4-5H2,1-3H3,(H2,15,18,19). The van der Waals surface area contributed by atoms with E-state index in [0.717, 1.165) is 6.42 Å². The van der Waals surface area contributed by atoms with Gasteiger partial charge in [0.25, 0.3) is 5.91 Å². The molecule has 112 valence electrons. The summed E-state index contributed by atoms with van der Waals surface area (Å²) in [6, 6.07) is 4.38. The van der Waals surface area contributed by atoms with Crippen LogP contribution in [0.2, 0.25) is 0 Å². The normalized spacial score (nSPS) is 13.1. The Kier molecular flexibility index (Phi) is 5.73. The van der Waals surface area contributed by atoms with E-state index in [9.17, 15) is 13.2 Å². The predicted molar refractivity (Wildman–Crippen MR) is 82.0 cm³/mol. The zero-order valence-corrected chi connectivity index (χ0v) is 14.2. The molecule has 0 fully saturated rings. The highest BCUT2D eigenvalue weighted by Gasteiger charge is 2.21. The summed E-state index contributed by atoms with van der Waals surface area (Å²) < 4.78 is 23.3. The first-order chi connectivity index (χ1) is 9.20. The number of nitrogens with two attached hydrogens (primary N) is 1. The number of carbonyl (C=O) groups is 1. The summed E-state index contributed by atoms with van der Waals surface area (Å²) in [5, 5.41) is 5.12. The molecule has 0 radical (unpaired) electrons. The van der Waals surface area contributed by atoms with Crippen molar-refractivity contribution >= 4 is 31.9 Å². The maximum Gasteiger partial charge on any atom is 0.254 e. The van der Waals surface area contributed by atoms with Crippen LogP contribution in [0.15, 0.2) is 27.6 Å². The van der Waals surface area contributed by atoms with Gasteiger partial charge in [-0.3, -0.25) is 4.79 Å². The first-order valence-corrected chi connectivity index (χ1v) is 8.69. The van der Waals surface area contributed by atoms with Crippen molar-refractivity contribution in [2.24, 2.45) is 5.14 Å². The zero-order valence-electron chi connectivity index (χ0n) is 11.8. The molecule has 0 heterocycles. The van der Waals surface area contributed by atoms with Gasteiger partial charge in [-0.1, -0.05) is 22.9 Å². The third-order valence-electron chi connectivity index (χ3n) is 3.17. The lowest BCUT2D eigenvalue weighted by molar-refractivity contribution is 0.0699. The minimum atomic E-state index is -3.84. The van der Waals surface area contributed by atoms with Crippen LogP contribution in [-0.4, -0.2) is 31.8 Å². The molecule has 0 aliphatic heterocycles. The molecule has 5 nitrogen and oxygen atoms in total. The van der Waals surface area contributed by atoms with Crippen molar-refractivity contribution in [3.63, 3.8) is 0 Å². The minimum Gasteiger partial charge on any atom is -0.336 e. The van der Waals surface area contributed by atoms with Crippen molar-refractivity contribution in [2.75, 3.05) is 6.54 Å². The van der Waals surface area contributed by atoms with Crippen LogP contribution in [0.5, 0.6) is 0 Å². The van der Waals surface area contributed by atoms with Gasteiger partial charge in [-0.05, 0) is 38.5 Å². The lowest BCUT2D eigenvalue weighted by atomic mass is 10.1. The van der Waals surface area contributed by atoms with E-state index in [1.807, 2.05) is 20.8 Å². The van der Waals surface area contributed by atoms with E-state index in [1.165, 1.54) is 12.1 Å². The Balaban J connectivity index is 3.26. The quantitative estimate of drug-likeness (QED) is 0.872. The van der Waals surface area contributed by atoms with E-state index in [1.54, 1.807) is 11.0 Å². The number of hydrogen-bond donors (Lipinski definition) is 1. The van der Waals surface area contributed by atoms with Crippen LogP contribution in [0.4, 0.5) is 0 Å². The second kappa shape index (κ2) is 6.69. The van der Waals surface area contributed by atoms with Crippen molar-refractivity contribution in [1.29, 1.82) is 0 Å². The van der Waals surface area contributed by atoms with Gasteiger partial charge in [0.15, 0.2) is 0 Å². The van der Waals surface area contributed by atoms with Gasteiger partial charge in [0.05, 0.1) is 4.90 Å². The SMILES string of the molecule is CCC(C)N(CC)C(=O)c1cc(Br)cc(S(N)(=O)=O)c1. The van der Waals surface area contributed by atoms with E-state index in [4.69, 9.17) is 5.14 Å². The van der Waals surface area contributed by atoms with E-state index in [2.05, 4.69) is 15.9 Å². The van der Waals surface area contributed by atoms with E-state index >= 15 is 0 Å². The van der Waals surface area contributed by atoms with Gasteiger partial charge in [0.2, 0.25) is 10.0 Å². The van der Waals surface area contributed by atoms with E-state index < -0.39 is 10.0 Å². The average molecular weight is 363 g/mol. The van der Waals surface area contributed by atoms with Gasteiger partial charge in [-0.25, -0.2) is 13.6 Å². The van der Waals surface area contributed by atoms with Crippen LogP contribution in [0, 0.1) is 0 Å². The van der Waals surface area contributed by atoms with Gasteiger partial charge in [-0.15, -0.1) is 0 Å². The molecule has 1 rings (SSSR count). The maximum absolute atomic E-state index is 12.5. The molecule has 1 aromatic rings. The summed E-state index contributed by atoms with van der Waals surface area (Å²) in [4.78, 5) is 14.1. The number of carbonyl (C=O) groups excluding carboxylic acids is 1. The Hall–Kier alpha value is -0.920. The van der Waals surface area contributed by atoms with Crippen LogP contribution in [-0.2, 0) is 10.0 Å². The first-order valence-electron chi connectivity index (χ1n) is 6.35. The first kappa shape index (κ1) is 17.1. The molecule has 1 amide bonds. The Labute approximate surface area is 128 Å². The Morgan fingerprint density at radius 2 is 1.95 bits per heavy atom. The number of sulfonamides is 1. The molecule has 0 aromatic heterocycles. The fraction of sp³-hybridized carbons (Fsp3) is 0.462. The highest BCUT2D eigenvalue weighted by atomic mass is 79.9. The van der Waals surface area contributed by atoms with Crippen molar-refractivity contribution in [2.45, 2.75) is 38.1 Å². The van der Waals surface area contributed by atoms with E-state index in [0.29, 0.717) is 16.6 Å². The van der Waals surface area contributed by atoms with Crippen LogP contribution >= 0.6 is 15.9 Å². The van der Waals surface area contributed by atoms with Crippen molar-refractivity contribution in [3.05, 3.63) is 28.2 Å². The molecule has 2 N–H and O–H groups in total. The van der Waals surface area contributed by atoms with E-state index in [-0.39, 0.29) is 16.8 Å². The monoisotopic (exact) mass is 362 g/mol. The Bertz CT molecular complexity index is 602. The summed E-state index contributed by atoms with van der Waals surface area (Å²) in [5.74, 6) is -0.201. The molecule has 1 aromatic carbocycles. The van der Waals surface area contributed by atoms with Gasteiger partial charge in [0.1, 0.15) is 0 Å². The number of benzene rings is 1.